The standard InChI is InChI=1S/C17H24N4O3/c1-11(18-3)9-16-20-17(24-21-16)10-15(19-12(2)22)13-5-7-14(23-4)8-6-13/h5-8,11,15,18H,9-10H2,1-4H3,(H,19,22). The van der Waals surface area contributed by atoms with Crippen molar-refractivity contribution in [1.82, 2.24) is 20.8 Å². The van der Waals surface area contributed by atoms with Gasteiger partial charge in [-0.05, 0) is 31.7 Å². The summed E-state index contributed by atoms with van der Waals surface area (Å²) in [7, 11) is 3.51. The normalized spacial score (nSPS) is 13.3. The van der Waals surface area contributed by atoms with Gasteiger partial charge in [-0.1, -0.05) is 17.3 Å². The summed E-state index contributed by atoms with van der Waals surface area (Å²) in [6, 6.07) is 7.59. The molecular weight excluding hydrogens is 308 g/mol. The number of nitrogens with one attached hydrogen (secondary N) is 2. The Bertz CT molecular complexity index is 654. The fourth-order valence-corrected chi connectivity index (χ4v) is 2.34. The number of hydrogen-bond donors (Lipinski definition) is 2. The fourth-order valence-electron chi connectivity index (χ4n) is 2.34. The Kier molecular flexibility index (Phi) is 6.31. The van der Waals surface area contributed by atoms with Gasteiger partial charge in [-0.25, -0.2) is 0 Å². The van der Waals surface area contributed by atoms with Gasteiger partial charge in [0.05, 0.1) is 19.6 Å². The smallest absolute Gasteiger partial charge is 0.229 e. The van der Waals surface area contributed by atoms with E-state index < -0.39 is 0 Å². The molecule has 1 aromatic carbocycles. The van der Waals surface area contributed by atoms with E-state index in [1.807, 2.05) is 38.2 Å². The van der Waals surface area contributed by atoms with Gasteiger partial charge in [0.1, 0.15) is 5.75 Å². The molecule has 0 aliphatic carbocycles. The molecule has 7 nitrogen and oxygen atoms in total. The molecule has 2 N–H and O–H groups in total. The lowest BCUT2D eigenvalue weighted by atomic mass is 10.0. The maximum atomic E-state index is 11.5. The first kappa shape index (κ1) is 17.9. The minimum atomic E-state index is -0.233. The zero-order chi connectivity index (χ0) is 17.5. The highest BCUT2D eigenvalue weighted by Crippen LogP contribution is 2.21. The van der Waals surface area contributed by atoms with Crippen molar-refractivity contribution >= 4 is 5.91 Å². The van der Waals surface area contributed by atoms with E-state index in [-0.39, 0.29) is 18.0 Å². The second kappa shape index (κ2) is 8.44. The van der Waals surface area contributed by atoms with Crippen molar-refractivity contribution in [2.24, 2.45) is 0 Å². The number of aromatic nitrogens is 2. The monoisotopic (exact) mass is 332 g/mol. The van der Waals surface area contributed by atoms with Crippen LogP contribution in [0.25, 0.3) is 0 Å². The minimum Gasteiger partial charge on any atom is -0.497 e. The van der Waals surface area contributed by atoms with Crippen LogP contribution >= 0.6 is 0 Å². The largest absolute Gasteiger partial charge is 0.497 e. The Morgan fingerprint density at radius 1 is 1.29 bits per heavy atom. The summed E-state index contributed by atoms with van der Waals surface area (Å²) in [5.74, 6) is 1.81. The average Bonchev–Trinajstić information content (AvgIpc) is 3.00. The van der Waals surface area contributed by atoms with Crippen LogP contribution in [0.3, 0.4) is 0 Å². The third-order valence-electron chi connectivity index (χ3n) is 3.77. The molecule has 0 spiro atoms. The maximum Gasteiger partial charge on any atom is 0.229 e. The Hall–Kier alpha value is -2.41. The molecule has 0 saturated heterocycles. The maximum absolute atomic E-state index is 11.5. The number of carbonyl (C=O) groups excluding carboxylic acids is 1. The zero-order valence-corrected chi connectivity index (χ0v) is 14.5. The topological polar surface area (TPSA) is 89.3 Å². The molecule has 1 aromatic heterocycles. The lowest BCUT2D eigenvalue weighted by Gasteiger charge is -2.16. The molecule has 0 bridgehead atoms. The molecule has 130 valence electrons. The third-order valence-corrected chi connectivity index (χ3v) is 3.77. The number of likely N-dealkylation sites (N-methyl/N-ethyl adjacent to an activating group) is 1. The molecule has 1 amide bonds. The first-order chi connectivity index (χ1) is 11.5. The van der Waals surface area contributed by atoms with Gasteiger partial charge in [0.25, 0.3) is 0 Å². The molecule has 0 radical (unpaired) electrons. The summed E-state index contributed by atoms with van der Waals surface area (Å²) >= 11 is 0. The van der Waals surface area contributed by atoms with Crippen LogP contribution < -0.4 is 15.4 Å². The van der Waals surface area contributed by atoms with Crippen LogP contribution in [0.5, 0.6) is 5.75 Å². The summed E-state index contributed by atoms with van der Waals surface area (Å²) in [5.41, 5.74) is 0.953. The van der Waals surface area contributed by atoms with Crippen molar-refractivity contribution in [3.05, 3.63) is 41.5 Å². The average molecular weight is 332 g/mol. The SMILES string of the molecule is CNC(C)Cc1noc(CC(NC(C)=O)c2ccc(OC)cc2)n1. The summed E-state index contributed by atoms with van der Waals surface area (Å²) in [6.45, 7) is 3.54. The number of ether oxygens (including phenoxy) is 1. The number of methoxy groups -OCH3 is 1. The second-order valence-electron chi connectivity index (χ2n) is 5.73. The van der Waals surface area contributed by atoms with E-state index in [1.54, 1.807) is 7.11 Å². The van der Waals surface area contributed by atoms with Gasteiger partial charge in [-0.2, -0.15) is 4.98 Å². The Morgan fingerprint density at radius 3 is 2.58 bits per heavy atom. The predicted molar refractivity (Wildman–Crippen MR) is 89.8 cm³/mol. The van der Waals surface area contributed by atoms with Gasteiger partial charge in [0.15, 0.2) is 5.82 Å². The van der Waals surface area contributed by atoms with E-state index in [0.717, 1.165) is 11.3 Å². The van der Waals surface area contributed by atoms with Crippen LogP contribution in [0.15, 0.2) is 28.8 Å². The molecule has 0 aliphatic heterocycles. The van der Waals surface area contributed by atoms with Crippen molar-refractivity contribution < 1.29 is 14.1 Å². The van der Waals surface area contributed by atoms with Crippen LogP contribution in [0.4, 0.5) is 0 Å². The van der Waals surface area contributed by atoms with Crippen LogP contribution in [0, 0.1) is 0 Å². The van der Waals surface area contributed by atoms with Crippen molar-refractivity contribution in [3.8, 4) is 5.75 Å². The van der Waals surface area contributed by atoms with E-state index in [2.05, 4.69) is 20.8 Å². The molecular formula is C17H24N4O3. The summed E-state index contributed by atoms with van der Waals surface area (Å²) in [5, 5.41) is 10.1. The van der Waals surface area contributed by atoms with Crippen LogP contribution in [-0.4, -0.2) is 36.2 Å². The van der Waals surface area contributed by atoms with Gasteiger partial charge in [-0.15, -0.1) is 0 Å². The fraction of sp³-hybridized carbons (Fsp3) is 0.471. The molecule has 24 heavy (non-hydrogen) atoms. The highest BCUT2D eigenvalue weighted by molar-refractivity contribution is 5.73. The lowest BCUT2D eigenvalue weighted by molar-refractivity contribution is -0.119. The minimum absolute atomic E-state index is 0.112. The number of carbonyl (C=O) groups is 1. The number of amides is 1. The van der Waals surface area contributed by atoms with Crippen LogP contribution in [-0.2, 0) is 17.6 Å². The van der Waals surface area contributed by atoms with E-state index >= 15 is 0 Å². The number of hydrogen-bond acceptors (Lipinski definition) is 6. The molecule has 7 heteroatoms. The summed E-state index contributed by atoms with van der Waals surface area (Å²) < 4.78 is 10.5. The molecule has 0 aliphatic rings. The quantitative estimate of drug-likeness (QED) is 0.764. The van der Waals surface area contributed by atoms with Crippen LogP contribution in [0.1, 0.15) is 37.2 Å². The van der Waals surface area contributed by atoms with Gasteiger partial charge in [0, 0.05) is 19.4 Å². The summed E-state index contributed by atoms with van der Waals surface area (Å²) in [6.07, 6.45) is 1.13. The van der Waals surface area contributed by atoms with E-state index in [0.29, 0.717) is 24.6 Å². The van der Waals surface area contributed by atoms with Crippen LogP contribution in [0.2, 0.25) is 0 Å². The van der Waals surface area contributed by atoms with Crippen molar-refractivity contribution in [2.75, 3.05) is 14.2 Å². The lowest BCUT2D eigenvalue weighted by Crippen LogP contribution is -2.27. The first-order valence-electron chi connectivity index (χ1n) is 7.91. The summed E-state index contributed by atoms with van der Waals surface area (Å²) in [4.78, 5) is 15.9. The Balaban J connectivity index is 2.12. The van der Waals surface area contributed by atoms with Gasteiger partial charge in [0.2, 0.25) is 11.8 Å². The van der Waals surface area contributed by atoms with E-state index in [4.69, 9.17) is 9.26 Å². The Morgan fingerprint density at radius 2 is 2.00 bits per heavy atom. The molecule has 0 saturated carbocycles. The molecule has 2 atom stereocenters. The molecule has 0 fully saturated rings. The first-order valence-corrected chi connectivity index (χ1v) is 7.91. The molecule has 2 unspecified atom stereocenters. The number of nitrogens with zero attached hydrogens (tertiary/aromatic N) is 2. The third kappa shape index (κ3) is 5.06. The molecule has 2 rings (SSSR count). The van der Waals surface area contributed by atoms with Gasteiger partial charge < -0.3 is 19.9 Å². The zero-order valence-electron chi connectivity index (χ0n) is 14.5. The molecule has 1 heterocycles. The van der Waals surface area contributed by atoms with E-state index in [1.165, 1.54) is 6.92 Å². The van der Waals surface area contributed by atoms with Crippen molar-refractivity contribution in [1.29, 1.82) is 0 Å². The highest BCUT2D eigenvalue weighted by Gasteiger charge is 2.18. The van der Waals surface area contributed by atoms with Crippen molar-refractivity contribution in [2.45, 2.75) is 38.8 Å². The van der Waals surface area contributed by atoms with Gasteiger partial charge >= 0.3 is 0 Å². The second-order valence-corrected chi connectivity index (χ2v) is 5.73. The van der Waals surface area contributed by atoms with Gasteiger partial charge in [-0.3, -0.25) is 4.79 Å². The van der Waals surface area contributed by atoms with Crippen molar-refractivity contribution in [3.63, 3.8) is 0 Å². The number of benzene rings is 1. The predicted octanol–water partition coefficient (Wildman–Crippen LogP) is 1.65. The number of rotatable bonds is 8. The van der Waals surface area contributed by atoms with E-state index in [9.17, 15) is 4.79 Å². The Labute approximate surface area is 141 Å². The highest BCUT2D eigenvalue weighted by atomic mass is 16.5. The molecule has 2 aromatic rings.